The van der Waals surface area contributed by atoms with Crippen molar-refractivity contribution in [3.05, 3.63) is 89.5 Å². The van der Waals surface area contributed by atoms with E-state index in [9.17, 15) is 0 Å². The van der Waals surface area contributed by atoms with E-state index >= 15 is 0 Å². The Kier molecular flexibility index (Phi) is 6.83. The summed E-state index contributed by atoms with van der Waals surface area (Å²) in [6, 6.07) is 24.5. The monoisotopic (exact) mass is 436 g/mol. The number of hydrogen-bond donors (Lipinski definition) is 0. The summed E-state index contributed by atoms with van der Waals surface area (Å²) in [4.78, 5) is 0. The molecule has 0 bridgehead atoms. The molecule has 3 aromatic carbocycles. The first-order valence-corrected chi connectivity index (χ1v) is 13.1. The summed E-state index contributed by atoms with van der Waals surface area (Å²) in [5, 5.41) is 0. The van der Waals surface area contributed by atoms with Crippen molar-refractivity contribution in [1.29, 1.82) is 0 Å². The first-order valence-electron chi connectivity index (χ1n) is 11.3. The number of hydrogen-bond acceptors (Lipinski definition) is 3. The molecule has 1 aliphatic rings. The Bertz CT molecular complexity index is 895. The molecule has 164 valence electrons. The van der Waals surface area contributed by atoms with Gasteiger partial charge in [-0.3, -0.25) is 0 Å². The Hall–Kier alpha value is -2.51. The third kappa shape index (κ3) is 5.05. The fourth-order valence-electron chi connectivity index (χ4n) is 4.24. The predicted molar refractivity (Wildman–Crippen MR) is 131 cm³/mol. The van der Waals surface area contributed by atoms with Crippen molar-refractivity contribution < 1.29 is 13.6 Å². The van der Waals surface area contributed by atoms with E-state index in [-0.39, 0.29) is 5.66 Å². The van der Waals surface area contributed by atoms with Crippen molar-refractivity contribution in [1.82, 2.24) is 0 Å². The molecule has 0 aromatic heterocycles. The molecule has 4 rings (SSSR count). The van der Waals surface area contributed by atoms with Crippen molar-refractivity contribution in [2.24, 2.45) is 0 Å². The number of benzene rings is 3. The van der Waals surface area contributed by atoms with Crippen LogP contribution < -0.4 is 13.6 Å². The Labute approximate surface area is 187 Å². The van der Waals surface area contributed by atoms with Crippen LogP contribution in [0.15, 0.2) is 72.8 Å². The van der Waals surface area contributed by atoms with E-state index < -0.39 is 7.94 Å². The molecule has 0 N–H and O–H groups in total. The molecule has 0 aliphatic heterocycles. The zero-order valence-electron chi connectivity index (χ0n) is 18.8. The van der Waals surface area contributed by atoms with Gasteiger partial charge in [-0.05, 0) is 0 Å². The van der Waals surface area contributed by atoms with Crippen LogP contribution in [0.25, 0.3) is 0 Å². The van der Waals surface area contributed by atoms with Crippen LogP contribution >= 0.6 is 7.94 Å². The third-order valence-corrected chi connectivity index (χ3v) is 9.23. The van der Waals surface area contributed by atoms with Crippen LogP contribution in [0, 0.1) is 20.8 Å². The van der Waals surface area contributed by atoms with Gasteiger partial charge in [0.25, 0.3) is 0 Å². The minimum absolute atomic E-state index is 0.250. The van der Waals surface area contributed by atoms with Gasteiger partial charge in [0.2, 0.25) is 0 Å². The minimum atomic E-state index is -3.21. The van der Waals surface area contributed by atoms with Crippen molar-refractivity contribution in [3.63, 3.8) is 0 Å². The zero-order valence-corrected chi connectivity index (χ0v) is 19.8. The number of para-hydroxylation sites is 3. The molecular weight excluding hydrogens is 403 g/mol. The van der Waals surface area contributed by atoms with Gasteiger partial charge in [-0.2, -0.15) is 0 Å². The topological polar surface area (TPSA) is 27.7 Å². The van der Waals surface area contributed by atoms with Crippen LogP contribution in [0.4, 0.5) is 0 Å². The molecule has 0 atom stereocenters. The molecule has 1 fully saturated rings. The molecule has 4 heteroatoms. The maximum atomic E-state index is 6.88. The van der Waals surface area contributed by atoms with Gasteiger partial charge in [-0.25, -0.2) is 0 Å². The summed E-state index contributed by atoms with van der Waals surface area (Å²) >= 11 is 0. The molecule has 0 unspecified atom stereocenters. The summed E-state index contributed by atoms with van der Waals surface area (Å²) in [5.41, 5.74) is 3.53. The van der Waals surface area contributed by atoms with Crippen LogP contribution in [0.5, 0.6) is 17.2 Å². The van der Waals surface area contributed by atoms with Gasteiger partial charge in [-0.15, -0.1) is 0 Å². The normalized spacial score (nSPS) is 15.3. The van der Waals surface area contributed by atoms with Gasteiger partial charge in [0.1, 0.15) is 0 Å². The average Bonchev–Trinajstić information content (AvgIpc) is 2.79. The van der Waals surface area contributed by atoms with E-state index in [1.54, 1.807) is 0 Å². The van der Waals surface area contributed by atoms with Crippen LogP contribution in [-0.2, 0) is 0 Å². The Morgan fingerprint density at radius 2 is 0.903 bits per heavy atom. The van der Waals surface area contributed by atoms with Crippen LogP contribution in [0.2, 0.25) is 0 Å². The van der Waals surface area contributed by atoms with Gasteiger partial charge in [0.15, 0.2) is 0 Å². The summed E-state index contributed by atoms with van der Waals surface area (Å²) in [5.74, 6) is 2.55. The van der Waals surface area contributed by atoms with E-state index in [2.05, 4.69) is 39.0 Å². The molecule has 3 nitrogen and oxygen atoms in total. The van der Waals surface area contributed by atoms with Gasteiger partial charge >= 0.3 is 187 Å². The van der Waals surface area contributed by atoms with E-state index in [0.29, 0.717) is 0 Å². The first-order chi connectivity index (χ1) is 15.1. The summed E-state index contributed by atoms with van der Waals surface area (Å²) in [6.45, 7) is 6.24. The third-order valence-electron chi connectivity index (χ3n) is 6.14. The summed E-state index contributed by atoms with van der Waals surface area (Å²) < 4.78 is 20.7. The second kappa shape index (κ2) is 9.75. The Morgan fingerprint density at radius 1 is 0.548 bits per heavy atom. The van der Waals surface area contributed by atoms with Gasteiger partial charge in [0, 0.05) is 0 Å². The number of aryl methyl sites for hydroxylation is 3. The molecular formula is C27H33O3P. The summed E-state index contributed by atoms with van der Waals surface area (Å²) in [7, 11) is -3.21. The standard InChI is InChI=1S/C27H33O3P/c1-21-13-7-10-18-25(21)28-31(24-16-5-4-6-17-24,29-26-19-11-8-14-22(26)2)30-27-20-12-9-15-23(27)3/h7-15,18-20,24,31H,4-6,16-17H2,1-3H3. The van der Waals surface area contributed by atoms with E-state index in [1.165, 1.54) is 19.3 Å². The maximum absolute atomic E-state index is 6.88. The fraction of sp³-hybridized carbons (Fsp3) is 0.333. The molecule has 1 saturated carbocycles. The molecule has 3 aromatic rings. The van der Waals surface area contributed by atoms with E-state index in [0.717, 1.165) is 46.8 Å². The van der Waals surface area contributed by atoms with Crippen LogP contribution in [0.1, 0.15) is 48.8 Å². The number of rotatable bonds is 7. The molecule has 0 spiro atoms. The second-order valence-corrected chi connectivity index (χ2v) is 11.2. The molecule has 0 saturated heterocycles. The fourth-order valence-corrected chi connectivity index (χ4v) is 7.59. The molecule has 31 heavy (non-hydrogen) atoms. The Morgan fingerprint density at radius 3 is 1.26 bits per heavy atom. The summed E-state index contributed by atoms with van der Waals surface area (Å²) in [6.07, 6.45) is 5.77. The zero-order chi connectivity index (χ0) is 21.7. The van der Waals surface area contributed by atoms with Crippen molar-refractivity contribution >= 4 is 7.94 Å². The SMILES string of the molecule is Cc1ccccc1O[PH](Oc1ccccc1C)(Oc1ccccc1C)C1CCCCC1. The van der Waals surface area contributed by atoms with Gasteiger partial charge in [0.05, 0.1) is 0 Å². The van der Waals surface area contributed by atoms with Gasteiger partial charge in [-0.1, -0.05) is 0 Å². The quantitative estimate of drug-likeness (QED) is 0.351. The molecule has 1 aliphatic carbocycles. The first kappa shape index (κ1) is 21.7. The molecule has 0 heterocycles. The van der Waals surface area contributed by atoms with Crippen LogP contribution in [-0.4, -0.2) is 5.66 Å². The molecule has 0 radical (unpaired) electrons. The second-order valence-electron chi connectivity index (χ2n) is 8.54. The van der Waals surface area contributed by atoms with E-state index in [4.69, 9.17) is 13.6 Å². The van der Waals surface area contributed by atoms with E-state index in [1.807, 2.05) is 54.6 Å². The van der Waals surface area contributed by atoms with Crippen LogP contribution in [0.3, 0.4) is 0 Å². The predicted octanol–water partition coefficient (Wildman–Crippen LogP) is 7.98. The average molecular weight is 437 g/mol. The van der Waals surface area contributed by atoms with Crippen molar-refractivity contribution in [2.45, 2.75) is 58.5 Å². The molecule has 0 amide bonds. The van der Waals surface area contributed by atoms with Gasteiger partial charge < -0.3 is 0 Å². The van der Waals surface area contributed by atoms with Crippen molar-refractivity contribution in [3.8, 4) is 17.2 Å². The van der Waals surface area contributed by atoms with Crippen molar-refractivity contribution in [2.75, 3.05) is 0 Å². The Balaban J connectivity index is 1.82.